The van der Waals surface area contributed by atoms with Crippen molar-refractivity contribution < 1.29 is 14.6 Å². The standard InChI is InChI=1S/C16H22ClNO3/c1-3-21-16-12(5-4-6-13(16)17)9-15(20)18-8-7-14(19)11(2)10-18/h4-6,11,14,19H,3,7-10H2,1-2H3. The summed E-state index contributed by atoms with van der Waals surface area (Å²) in [7, 11) is 0. The zero-order valence-electron chi connectivity index (χ0n) is 12.5. The molecular formula is C16H22ClNO3. The minimum absolute atomic E-state index is 0.0527. The van der Waals surface area contributed by atoms with Crippen LogP contribution in [0.4, 0.5) is 0 Å². The first-order valence-corrected chi connectivity index (χ1v) is 7.76. The Balaban J connectivity index is 2.08. The van der Waals surface area contributed by atoms with Crippen LogP contribution >= 0.6 is 11.6 Å². The lowest BCUT2D eigenvalue weighted by Gasteiger charge is -2.34. The summed E-state index contributed by atoms with van der Waals surface area (Å²) in [6.45, 7) is 5.58. The summed E-state index contributed by atoms with van der Waals surface area (Å²) >= 11 is 6.14. The molecule has 1 aliphatic heterocycles. The molecule has 0 aliphatic carbocycles. The van der Waals surface area contributed by atoms with Crippen molar-refractivity contribution in [1.82, 2.24) is 4.90 Å². The van der Waals surface area contributed by atoms with Gasteiger partial charge in [-0.2, -0.15) is 0 Å². The summed E-state index contributed by atoms with van der Waals surface area (Å²) in [5.74, 6) is 0.769. The molecule has 2 atom stereocenters. The highest BCUT2D eigenvalue weighted by Crippen LogP contribution is 2.29. The molecule has 2 rings (SSSR count). The van der Waals surface area contributed by atoms with Crippen LogP contribution in [-0.2, 0) is 11.2 Å². The number of amides is 1. The molecule has 116 valence electrons. The first-order chi connectivity index (χ1) is 10.0. The zero-order valence-corrected chi connectivity index (χ0v) is 13.3. The quantitative estimate of drug-likeness (QED) is 0.929. The molecular weight excluding hydrogens is 290 g/mol. The van der Waals surface area contributed by atoms with Crippen molar-refractivity contribution in [3.63, 3.8) is 0 Å². The van der Waals surface area contributed by atoms with Crippen LogP contribution in [0.3, 0.4) is 0 Å². The van der Waals surface area contributed by atoms with Crippen LogP contribution in [0.1, 0.15) is 25.8 Å². The van der Waals surface area contributed by atoms with Crippen molar-refractivity contribution in [2.75, 3.05) is 19.7 Å². The molecule has 0 radical (unpaired) electrons. The summed E-state index contributed by atoms with van der Waals surface area (Å²) in [4.78, 5) is 14.2. The molecule has 1 aromatic carbocycles. The van der Waals surface area contributed by atoms with E-state index >= 15 is 0 Å². The number of para-hydroxylation sites is 1. The topological polar surface area (TPSA) is 49.8 Å². The van der Waals surface area contributed by atoms with E-state index in [0.29, 0.717) is 36.9 Å². The van der Waals surface area contributed by atoms with Crippen molar-refractivity contribution in [2.24, 2.45) is 5.92 Å². The second kappa shape index (κ2) is 7.14. The molecule has 0 saturated carbocycles. The summed E-state index contributed by atoms with van der Waals surface area (Å²) in [6.07, 6.45) is 0.610. The fourth-order valence-electron chi connectivity index (χ4n) is 2.63. The number of carbonyl (C=O) groups excluding carboxylic acids is 1. The molecule has 1 aliphatic rings. The molecule has 1 aromatic rings. The third kappa shape index (κ3) is 3.89. The lowest BCUT2D eigenvalue weighted by Crippen LogP contribution is -2.45. The molecule has 1 heterocycles. The monoisotopic (exact) mass is 311 g/mol. The summed E-state index contributed by atoms with van der Waals surface area (Å²) in [5, 5.41) is 10.3. The molecule has 1 fully saturated rings. The van der Waals surface area contributed by atoms with Gasteiger partial charge in [0.15, 0.2) is 0 Å². The van der Waals surface area contributed by atoms with Crippen molar-refractivity contribution in [2.45, 2.75) is 32.8 Å². The number of hydrogen-bond acceptors (Lipinski definition) is 3. The number of nitrogens with zero attached hydrogens (tertiary/aromatic N) is 1. The number of aliphatic hydroxyl groups excluding tert-OH is 1. The maximum absolute atomic E-state index is 12.4. The van der Waals surface area contributed by atoms with Crippen molar-refractivity contribution in [1.29, 1.82) is 0 Å². The predicted octanol–water partition coefficient (Wildman–Crippen LogP) is 2.51. The normalized spacial score (nSPS) is 22.2. The lowest BCUT2D eigenvalue weighted by molar-refractivity contribution is -0.134. The fourth-order valence-corrected chi connectivity index (χ4v) is 2.88. The second-order valence-corrected chi connectivity index (χ2v) is 5.92. The minimum atomic E-state index is -0.306. The molecule has 0 bridgehead atoms. The van der Waals surface area contributed by atoms with Crippen LogP contribution in [0.2, 0.25) is 5.02 Å². The highest BCUT2D eigenvalue weighted by molar-refractivity contribution is 6.32. The molecule has 2 unspecified atom stereocenters. The van der Waals surface area contributed by atoms with Gasteiger partial charge in [-0.05, 0) is 25.3 Å². The average molecular weight is 312 g/mol. The van der Waals surface area contributed by atoms with Crippen molar-refractivity contribution in [3.8, 4) is 5.75 Å². The molecule has 1 saturated heterocycles. The summed E-state index contributed by atoms with van der Waals surface area (Å²) in [6, 6.07) is 5.47. The van der Waals surface area contributed by atoms with Gasteiger partial charge in [-0.15, -0.1) is 0 Å². The maximum Gasteiger partial charge on any atom is 0.227 e. The highest BCUT2D eigenvalue weighted by Gasteiger charge is 2.27. The van der Waals surface area contributed by atoms with Gasteiger partial charge in [-0.3, -0.25) is 4.79 Å². The third-order valence-electron chi connectivity index (χ3n) is 3.89. The maximum atomic E-state index is 12.4. The predicted molar refractivity (Wildman–Crippen MR) is 82.7 cm³/mol. The van der Waals surface area contributed by atoms with Gasteiger partial charge in [-0.25, -0.2) is 0 Å². The van der Waals surface area contributed by atoms with Gasteiger partial charge >= 0.3 is 0 Å². The Morgan fingerprint density at radius 1 is 1.52 bits per heavy atom. The first kappa shape index (κ1) is 16.1. The van der Waals surface area contributed by atoms with Crippen LogP contribution in [-0.4, -0.2) is 41.7 Å². The Hall–Kier alpha value is -1.26. The smallest absolute Gasteiger partial charge is 0.227 e. The van der Waals surface area contributed by atoms with E-state index in [1.165, 1.54) is 0 Å². The fraction of sp³-hybridized carbons (Fsp3) is 0.562. The average Bonchev–Trinajstić information content (AvgIpc) is 2.45. The molecule has 0 spiro atoms. The first-order valence-electron chi connectivity index (χ1n) is 7.39. The molecule has 21 heavy (non-hydrogen) atoms. The van der Waals surface area contributed by atoms with Gasteiger partial charge in [0, 0.05) is 18.7 Å². The molecule has 1 amide bonds. The number of halogens is 1. The van der Waals surface area contributed by atoms with E-state index in [-0.39, 0.29) is 24.3 Å². The van der Waals surface area contributed by atoms with E-state index in [2.05, 4.69) is 0 Å². The number of hydrogen-bond donors (Lipinski definition) is 1. The number of carbonyl (C=O) groups is 1. The van der Waals surface area contributed by atoms with E-state index in [9.17, 15) is 9.90 Å². The Bertz CT molecular complexity index is 506. The van der Waals surface area contributed by atoms with Crippen molar-refractivity contribution in [3.05, 3.63) is 28.8 Å². The van der Waals surface area contributed by atoms with E-state index in [0.717, 1.165) is 5.56 Å². The van der Waals surface area contributed by atoms with Gasteiger partial charge in [0.2, 0.25) is 5.91 Å². The summed E-state index contributed by atoms with van der Waals surface area (Å²) in [5.41, 5.74) is 0.813. The van der Waals surface area contributed by atoms with Crippen molar-refractivity contribution >= 4 is 17.5 Å². The lowest BCUT2D eigenvalue weighted by atomic mass is 9.96. The highest BCUT2D eigenvalue weighted by atomic mass is 35.5. The Kier molecular flexibility index (Phi) is 5.48. The van der Waals surface area contributed by atoms with Gasteiger partial charge in [0.25, 0.3) is 0 Å². The van der Waals surface area contributed by atoms with Gasteiger partial charge < -0.3 is 14.7 Å². The van der Waals surface area contributed by atoms with Crippen LogP contribution in [0.5, 0.6) is 5.75 Å². The number of rotatable bonds is 4. The van der Waals surface area contributed by atoms with Crippen LogP contribution in [0, 0.1) is 5.92 Å². The molecule has 4 nitrogen and oxygen atoms in total. The van der Waals surface area contributed by atoms with Crippen LogP contribution < -0.4 is 4.74 Å². The largest absolute Gasteiger partial charge is 0.492 e. The van der Waals surface area contributed by atoms with Crippen LogP contribution in [0.25, 0.3) is 0 Å². The second-order valence-electron chi connectivity index (χ2n) is 5.51. The van der Waals surface area contributed by atoms with Crippen LogP contribution in [0.15, 0.2) is 18.2 Å². The Morgan fingerprint density at radius 3 is 2.95 bits per heavy atom. The number of ether oxygens (including phenoxy) is 1. The number of aliphatic hydroxyl groups is 1. The van der Waals surface area contributed by atoms with Gasteiger partial charge in [0.1, 0.15) is 5.75 Å². The summed E-state index contributed by atoms with van der Waals surface area (Å²) < 4.78 is 5.55. The number of benzene rings is 1. The van der Waals surface area contributed by atoms with Gasteiger partial charge in [0.05, 0.1) is 24.2 Å². The molecule has 5 heteroatoms. The van der Waals surface area contributed by atoms with E-state index < -0.39 is 0 Å². The van der Waals surface area contributed by atoms with E-state index in [1.54, 1.807) is 6.07 Å². The Morgan fingerprint density at radius 2 is 2.29 bits per heavy atom. The van der Waals surface area contributed by atoms with E-state index in [1.807, 2.05) is 30.9 Å². The SMILES string of the molecule is CCOc1c(Cl)cccc1CC(=O)N1CCC(O)C(C)C1. The zero-order chi connectivity index (χ0) is 15.4. The molecule has 0 aromatic heterocycles. The third-order valence-corrected chi connectivity index (χ3v) is 4.19. The number of likely N-dealkylation sites (tertiary alicyclic amines) is 1. The van der Waals surface area contributed by atoms with Gasteiger partial charge in [-0.1, -0.05) is 30.7 Å². The van der Waals surface area contributed by atoms with E-state index in [4.69, 9.17) is 16.3 Å². The Labute approximate surface area is 130 Å². The minimum Gasteiger partial charge on any atom is -0.492 e. The molecule has 1 N–H and O–H groups in total. The number of piperidine rings is 1.